The Balaban J connectivity index is 1.38. The van der Waals surface area contributed by atoms with Crippen molar-refractivity contribution in [1.82, 2.24) is 4.98 Å². The first kappa shape index (κ1) is 24.2. The van der Waals surface area contributed by atoms with E-state index in [1.807, 2.05) is 0 Å². The Bertz CT molecular complexity index is 1250. The van der Waals surface area contributed by atoms with Gasteiger partial charge in [0.05, 0.1) is 5.56 Å². The number of aromatic nitrogens is 1. The standard InChI is InChI=1S/C24H23NO10/c26-16-7-5-12(9-17(16)27)6-8-19(28)33-11-18-20(29)21(30)22(31)24(34-18)35-23(32)14-10-25-15-4-2-1-3-13(14)15/h1-10,18,20-22,24-27,29-31H,11H2/b8-6+/t18-,20-,21+,22-,24+/m1/s1. The summed E-state index contributed by atoms with van der Waals surface area (Å²) in [5, 5.41) is 50.0. The van der Waals surface area contributed by atoms with E-state index in [0.717, 1.165) is 6.08 Å². The van der Waals surface area contributed by atoms with Gasteiger partial charge in [-0.25, -0.2) is 9.59 Å². The number of H-pyrrole nitrogens is 1. The van der Waals surface area contributed by atoms with Crippen LogP contribution in [0, 0.1) is 0 Å². The van der Waals surface area contributed by atoms with Crippen molar-refractivity contribution < 1.29 is 49.3 Å². The summed E-state index contributed by atoms with van der Waals surface area (Å²) in [6, 6.07) is 10.9. The van der Waals surface area contributed by atoms with Crippen LogP contribution in [-0.4, -0.2) is 79.8 Å². The van der Waals surface area contributed by atoms with Crippen LogP contribution in [-0.2, 0) is 19.0 Å². The number of carbonyl (C=O) groups is 2. The van der Waals surface area contributed by atoms with Crippen molar-refractivity contribution in [3.05, 3.63) is 65.9 Å². The molecule has 5 atom stereocenters. The van der Waals surface area contributed by atoms with Gasteiger partial charge in [-0.05, 0) is 29.8 Å². The molecule has 0 saturated carbocycles. The maximum atomic E-state index is 12.7. The average molecular weight is 485 g/mol. The Morgan fingerprint density at radius 1 is 1.00 bits per heavy atom. The van der Waals surface area contributed by atoms with E-state index >= 15 is 0 Å². The third-order valence-corrected chi connectivity index (χ3v) is 5.50. The number of aliphatic hydroxyl groups is 3. The van der Waals surface area contributed by atoms with E-state index in [-0.39, 0.29) is 17.1 Å². The molecule has 6 N–H and O–H groups in total. The number of phenols is 2. The lowest BCUT2D eigenvalue weighted by Crippen LogP contribution is -2.59. The van der Waals surface area contributed by atoms with Crippen LogP contribution in [0.15, 0.2) is 54.7 Å². The number of hydrogen-bond acceptors (Lipinski definition) is 10. The van der Waals surface area contributed by atoms with Gasteiger partial charge >= 0.3 is 11.9 Å². The van der Waals surface area contributed by atoms with Crippen molar-refractivity contribution >= 4 is 28.9 Å². The largest absolute Gasteiger partial charge is 0.504 e. The van der Waals surface area contributed by atoms with Crippen LogP contribution in [0.3, 0.4) is 0 Å². The predicted molar refractivity (Wildman–Crippen MR) is 120 cm³/mol. The molecule has 3 aromatic rings. The van der Waals surface area contributed by atoms with Crippen LogP contribution in [0.25, 0.3) is 17.0 Å². The molecule has 1 aliphatic rings. The molecule has 0 radical (unpaired) electrons. The molecular weight excluding hydrogens is 462 g/mol. The summed E-state index contributed by atoms with van der Waals surface area (Å²) in [5.41, 5.74) is 1.29. The summed E-state index contributed by atoms with van der Waals surface area (Å²) in [4.78, 5) is 27.6. The van der Waals surface area contributed by atoms with Gasteiger partial charge in [0.25, 0.3) is 0 Å². The number of ether oxygens (including phenoxy) is 3. The topological polar surface area (TPSA) is 179 Å². The number of aromatic hydroxyl groups is 2. The number of hydrogen-bond donors (Lipinski definition) is 6. The van der Waals surface area contributed by atoms with Crippen molar-refractivity contribution in [3.63, 3.8) is 0 Å². The molecule has 1 aliphatic heterocycles. The van der Waals surface area contributed by atoms with Crippen molar-refractivity contribution in [1.29, 1.82) is 0 Å². The number of rotatable bonds is 6. The molecule has 184 valence electrons. The Kier molecular flexibility index (Phi) is 7.03. The molecule has 35 heavy (non-hydrogen) atoms. The van der Waals surface area contributed by atoms with Crippen molar-refractivity contribution in [2.24, 2.45) is 0 Å². The molecule has 11 nitrogen and oxygen atoms in total. The first-order chi connectivity index (χ1) is 16.7. The second kappa shape index (κ2) is 10.2. The van der Waals surface area contributed by atoms with E-state index in [1.54, 1.807) is 24.3 Å². The molecular formula is C24H23NO10. The van der Waals surface area contributed by atoms with Crippen LogP contribution in [0.4, 0.5) is 0 Å². The van der Waals surface area contributed by atoms with Gasteiger partial charge in [0.1, 0.15) is 31.0 Å². The van der Waals surface area contributed by atoms with E-state index in [2.05, 4.69) is 4.98 Å². The first-order valence-corrected chi connectivity index (χ1v) is 10.6. The molecule has 2 aromatic carbocycles. The Morgan fingerprint density at radius 3 is 2.54 bits per heavy atom. The lowest BCUT2D eigenvalue weighted by Gasteiger charge is -2.39. The number of para-hydroxylation sites is 1. The fourth-order valence-corrected chi connectivity index (χ4v) is 3.58. The van der Waals surface area contributed by atoms with Gasteiger partial charge in [-0.2, -0.15) is 0 Å². The van der Waals surface area contributed by atoms with E-state index < -0.39 is 49.3 Å². The number of fused-ring (bicyclic) bond motifs is 1. The van der Waals surface area contributed by atoms with Gasteiger partial charge in [-0.15, -0.1) is 0 Å². The summed E-state index contributed by atoms with van der Waals surface area (Å²) < 4.78 is 15.7. The zero-order chi connectivity index (χ0) is 25.1. The van der Waals surface area contributed by atoms with Crippen molar-refractivity contribution in [2.75, 3.05) is 6.61 Å². The van der Waals surface area contributed by atoms with Gasteiger partial charge < -0.3 is 44.7 Å². The highest BCUT2D eigenvalue weighted by Crippen LogP contribution is 2.26. The summed E-state index contributed by atoms with van der Waals surface area (Å²) in [6.45, 7) is -0.518. The molecule has 0 bridgehead atoms. The normalized spacial score (nSPS) is 24.5. The lowest BCUT2D eigenvalue weighted by atomic mass is 9.99. The van der Waals surface area contributed by atoms with Gasteiger partial charge in [-0.1, -0.05) is 24.3 Å². The maximum absolute atomic E-state index is 12.7. The number of benzene rings is 2. The second-order valence-corrected chi connectivity index (χ2v) is 7.88. The van der Waals surface area contributed by atoms with Crippen molar-refractivity contribution in [3.8, 4) is 11.5 Å². The third-order valence-electron chi connectivity index (χ3n) is 5.50. The molecule has 1 fully saturated rings. The number of nitrogens with one attached hydrogen (secondary N) is 1. The second-order valence-electron chi connectivity index (χ2n) is 7.88. The smallest absolute Gasteiger partial charge is 0.342 e. The minimum absolute atomic E-state index is 0.186. The molecule has 0 spiro atoms. The van der Waals surface area contributed by atoms with Crippen LogP contribution < -0.4 is 0 Å². The number of aliphatic hydroxyl groups excluding tert-OH is 3. The van der Waals surface area contributed by atoms with Crippen LogP contribution in [0.2, 0.25) is 0 Å². The maximum Gasteiger partial charge on any atom is 0.342 e. The molecule has 2 heterocycles. The molecule has 1 aromatic heterocycles. The Hall–Kier alpha value is -3.90. The quantitative estimate of drug-likeness (QED) is 0.166. The Labute approximate surface area is 198 Å². The molecule has 0 unspecified atom stereocenters. The molecule has 1 saturated heterocycles. The average Bonchev–Trinajstić information content (AvgIpc) is 3.28. The van der Waals surface area contributed by atoms with Gasteiger partial charge in [-0.3, -0.25) is 0 Å². The van der Waals surface area contributed by atoms with Crippen LogP contribution in [0.5, 0.6) is 11.5 Å². The zero-order valence-electron chi connectivity index (χ0n) is 18.1. The fraction of sp³-hybridized carbons (Fsp3) is 0.250. The number of esters is 2. The van der Waals surface area contributed by atoms with Crippen LogP contribution >= 0.6 is 0 Å². The summed E-state index contributed by atoms with van der Waals surface area (Å²) in [6.07, 6.45) is -4.23. The van der Waals surface area contributed by atoms with E-state index in [1.165, 1.54) is 30.5 Å². The molecule has 4 rings (SSSR count). The lowest BCUT2D eigenvalue weighted by molar-refractivity contribution is -0.285. The van der Waals surface area contributed by atoms with Crippen LogP contribution in [0.1, 0.15) is 15.9 Å². The summed E-state index contributed by atoms with van der Waals surface area (Å²) in [7, 11) is 0. The number of carbonyl (C=O) groups excluding carboxylic acids is 2. The van der Waals surface area contributed by atoms with Gasteiger partial charge in [0.15, 0.2) is 11.5 Å². The van der Waals surface area contributed by atoms with Gasteiger partial charge in [0.2, 0.25) is 6.29 Å². The third kappa shape index (κ3) is 5.28. The summed E-state index contributed by atoms with van der Waals surface area (Å²) in [5.74, 6) is -2.33. The highest BCUT2D eigenvalue weighted by Gasteiger charge is 2.46. The van der Waals surface area contributed by atoms with E-state index in [0.29, 0.717) is 16.5 Å². The highest BCUT2D eigenvalue weighted by atomic mass is 16.7. The summed E-state index contributed by atoms with van der Waals surface area (Å²) >= 11 is 0. The fourth-order valence-electron chi connectivity index (χ4n) is 3.58. The van der Waals surface area contributed by atoms with Crippen molar-refractivity contribution in [2.45, 2.75) is 30.7 Å². The van der Waals surface area contributed by atoms with E-state index in [4.69, 9.17) is 14.2 Å². The minimum Gasteiger partial charge on any atom is -0.504 e. The highest BCUT2D eigenvalue weighted by molar-refractivity contribution is 6.04. The van der Waals surface area contributed by atoms with E-state index in [9.17, 15) is 35.1 Å². The Morgan fingerprint density at radius 2 is 1.77 bits per heavy atom. The SMILES string of the molecule is O=C(/C=C/c1ccc(O)c(O)c1)OC[C@H]1O[C@@H](OC(=O)c2c[nH]c3ccccc23)[C@H](O)[C@@H](O)[C@@H]1O. The first-order valence-electron chi connectivity index (χ1n) is 10.6. The zero-order valence-corrected chi connectivity index (χ0v) is 18.1. The molecule has 0 aliphatic carbocycles. The van der Waals surface area contributed by atoms with Gasteiger partial charge in [0, 0.05) is 23.2 Å². The number of phenolic OH excluding ortho intramolecular Hbond substituents is 2. The number of aromatic amines is 1. The molecule has 0 amide bonds. The minimum atomic E-state index is -1.74. The predicted octanol–water partition coefficient (Wildman–Crippen LogP) is 0.800. The molecule has 11 heteroatoms. The monoisotopic (exact) mass is 485 g/mol.